The van der Waals surface area contributed by atoms with Crippen LogP contribution in [-0.2, 0) is 0 Å². The first-order chi connectivity index (χ1) is 15.1. The van der Waals surface area contributed by atoms with Crippen LogP contribution in [0.3, 0.4) is 0 Å². The van der Waals surface area contributed by atoms with Crippen LogP contribution in [0.25, 0.3) is 0 Å². The SMILES string of the molecule is Cc1c(Cl)cccc1NC(=O)c1nn2c(c1Cl)NC(c1ccc(Br)cc1)CC2C(F)(F)F. The minimum absolute atomic E-state index is 0.0545. The van der Waals surface area contributed by atoms with Crippen LogP contribution in [0, 0.1) is 6.92 Å². The summed E-state index contributed by atoms with van der Waals surface area (Å²) < 4.78 is 43.3. The van der Waals surface area contributed by atoms with Crippen molar-refractivity contribution in [1.29, 1.82) is 0 Å². The molecular weight excluding hydrogens is 532 g/mol. The zero-order valence-corrected chi connectivity index (χ0v) is 19.6. The van der Waals surface area contributed by atoms with Gasteiger partial charge in [0.15, 0.2) is 11.7 Å². The van der Waals surface area contributed by atoms with E-state index in [0.29, 0.717) is 21.8 Å². The van der Waals surface area contributed by atoms with Crippen molar-refractivity contribution in [2.45, 2.75) is 31.6 Å². The molecule has 2 heterocycles. The minimum atomic E-state index is -4.59. The van der Waals surface area contributed by atoms with Gasteiger partial charge >= 0.3 is 6.18 Å². The normalized spacial score (nSPS) is 18.1. The molecule has 4 rings (SSSR count). The summed E-state index contributed by atoms with van der Waals surface area (Å²) >= 11 is 15.8. The van der Waals surface area contributed by atoms with Gasteiger partial charge in [-0.15, -0.1) is 0 Å². The second-order valence-electron chi connectivity index (χ2n) is 7.36. The summed E-state index contributed by atoms with van der Waals surface area (Å²) in [5, 5.41) is 9.83. The van der Waals surface area contributed by atoms with Crippen LogP contribution in [-0.4, -0.2) is 21.9 Å². The molecule has 2 unspecified atom stereocenters. The summed E-state index contributed by atoms with van der Waals surface area (Å²) in [6, 6.07) is 9.28. The van der Waals surface area contributed by atoms with E-state index in [1.807, 2.05) is 0 Å². The number of fused-ring (bicyclic) bond motifs is 1. The Hall–Kier alpha value is -2.23. The smallest absolute Gasteiger partial charge is 0.362 e. The maximum absolute atomic E-state index is 13.9. The number of aromatic nitrogens is 2. The average Bonchev–Trinajstić information content (AvgIpc) is 3.07. The molecule has 1 aliphatic heterocycles. The lowest BCUT2D eigenvalue weighted by Crippen LogP contribution is -2.35. The van der Waals surface area contributed by atoms with Crippen LogP contribution in [0.15, 0.2) is 46.9 Å². The molecule has 0 radical (unpaired) electrons. The van der Waals surface area contributed by atoms with Crippen molar-refractivity contribution in [2.24, 2.45) is 0 Å². The predicted octanol–water partition coefficient (Wildman–Crippen LogP) is 7.17. The number of carbonyl (C=O) groups excluding carboxylic acids is 1. The van der Waals surface area contributed by atoms with E-state index in [-0.39, 0.29) is 23.0 Å². The van der Waals surface area contributed by atoms with E-state index in [1.165, 1.54) is 0 Å². The highest BCUT2D eigenvalue weighted by Crippen LogP contribution is 2.46. The third kappa shape index (κ3) is 4.33. The summed E-state index contributed by atoms with van der Waals surface area (Å²) in [6.45, 7) is 1.71. The molecule has 0 aliphatic carbocycles. The summed E-state index contributed by atoms with van der Waals surface area (Å²) in [4.78, 5) is 12.8. The molecule has 2 aromatic carbocycles. The Bertz CT molecular complexity index is 1180. The van der Waals surface area contributed by atoms with Crippen LogP contribution in [0.2, 0.25) is 10.0 Å². The molecule has 2 N–H and O–H groups in total. The molecule has 0 saturated heterocycles. The van der Waals surface area contributed by atoms with E-state index in [9.17, 15) is 18.0 Å². The number of rotatable bonds is 3. The number of nitrogens with one attached hydrogen (secondary N) is 2. The standard InChI is InChI=1S/C21H16BrCl2F3N4O/c1-10-13(23)3-2-4-14(10)29-20(32)18-17(24)19-28-15(11-5-7-12(22)8-6-11)9-16(21(25,26)27)31(19)30-18/h2-8,15-16,28H,9H2,1H3,(H,29,32). The molecule has 1 amide bonds. The highest BCUT2D eigenvalue weighted by atomic mass is 79.9. The predicted molar refractivity (Wildman–Crippen MR) is 122 cm³/mol. The Kier molecular flexibility index (Phi) is 6.17. The van der Waals surface area contributed by atoms with Crippen molar-refractivity contribution >= 4 is 56.5 Å². The van der Waals surface area contributed by atoms with Gasteiger partial charge in [0.2, 0.25) is 0 Å². The molecule has 168 valence electrons. The largest absolute Gasteiger partial charge is 0.410 e. The highest BCUT2D eigenvalue weighted by Gasteiger charge is 2.47. The first kappa shape index (κ1) is 22.9. The fraction of sp³-hybridized carbons (Fsp3) is 0.238. The van der Waals surface area contributed by atoms with Crippen molar-refractivity contribution in [3.05, 3.63) is 73.8 Å². The van der Waals surface area contributed by atoms with E-state index in [4.69, 9.17) is 23.2 Å². The van der Waals surface area contributed by atoms with Crippen LogP contribution < -0.4 is 10.6 Å². The Labute approximate surface area is 200 Å². The van der Waals surface area contributed by atoms with Crippen molar-refractivity contribution in [3.8, 4) is 0 Å². The van der Waals surface area contributed by atoms with Gasteiger partial charge in [-0.1, -0.05) is 57.3 Å². The fourth-order valence-electron chi connectivity index (χ4n) is 3.57. The maximum atomic E-state index is 13.9. The van der Waals surface area contributed by atoms with Crippen molar-refractivity contribution in [3.63, 3.8) is 0 Å². The number of hydrogen-bond donors (Lipinski definition) is 2. The molecule has 11 heteroatoms. The fourth-order valence-corrected chi connectivity index (χ4v) is 4.28. The number of amides is 1. The van der Waals surface area contributed by atoms with Crippen molar-refractivity contribution in [1.82, 2.24) is 9.78 Å². The lowest BCUT2D eigenvalue weighted by atomic mass is 9.97. The Morgan fingerprint density at radius 2 is 1.91 bits per heavy atom. The van der Waals surface area contributed by atoms with Gasteiger partial charge in [0, 0.05) is 21.6 Å². The molecule has 0 saturated carbocycles. The van der Waals surface area contributed by atoms with E-state index in [2.05, 4.69) is 31.7 Å². The molecule has 3 aromatic rings. The quantitative estimate of drug-likeness (QED) is 0.365. The topological polar surface area (TPSA) is 59.0 Å². The van der Waals surface area contributed by atoms with Gasteiger partial charge in [-0.3, -0.25) is 4.79 Å². The molecule has 0 bridgehead atoms. The van der Waals surface area contributed by atoms with E-state index >= 15 is 0 Å². The Morgan fingerprint density at radius 3 is 2.56 bits per heavy atom. The maximum Gasteiger partial charge on any atom is 0.410 e. The third-order valence-corrected chi connectivity index (χ3v) is 6.60. The number of carbonyl (C=O) groups is 1. The lowest BCUT2D eigenvalue weighted by Gasteiger charge is -2.33. The number of benzene rings is 2. The zero-order valence-electron chi connectivity index (χ0n) is 16.5. The van der Waals surface area contributed by atoms with Crippen LogP contribution in [0.4, 0.5) is 24.7 Å². The van der Waals surface area contributed by atoms with Gasteiger partial charge in [-0.05, 0) is 42.3 Å². The molecule has 0 spiro atoms. The monoisotopic (exact) mass is 546 g/mol. The van der Waals surface area contributed by atoms with Crippen molar-refractivity contribution < 1.29 is 18.0 Å². The first-order valence-corrected chi connectivity index (χ1v) is 11.0. The molecule has 5 nitrogen and oxygen atoms in total. The van der Waals surface area contributed by atoms with Gasteiger partial charge < -0.3 is 10.6 Å². The van der Waals surface area contributed by atoms with Crippen LogP contribution in [0.1, 0.15) is 40.1 Å². The molecule has 1 aromatic heterocycles. The minimum Gasteiger partial charge on any atom is -0.362 e. The summed E-state index contributed by atoms with van der Waals surface area (Å²) in [5.41, 5.74) is 1.38. The summed E-state index contributed by atoms with van der Waals surface area (Å²) in [7, 11) is 0. The second-order valence-corrected chi connectivity index (χ2v) is 9.06. The molecule has 2 atom stereocenters. The zero-order chi connectivity index (χ0) is 23.2. The van der Waals surface area contributed by atoms with E-state index in [0.717, 1.165) is 9.15 Å². The number of halogens is 6. The highest BCUT2D eigenvalue weighted by molar-refractivity contribution is 9.10. The summed E-state index contributed by atoms with van der Waals surface area (Å²) in [5.74, 6) is -0.786. The Morgan fingerprint density at radius 1 is 1.22 bits per heavy atom. The average molecular weight is 548 g/mol. The number of hydrogen-bond acceptors (Lipinski definition) is 3. The van der Waals surface area contributed by atoms with Gasteiger partial charge in [0.05, 0.1) is 6.04 Å². The second kappa shape index (κ2) is 8.61. The third-order valence-electron chi connectivity index (χ3n) is 5.30. The molecule has 1 aliphatic rings. The van der Waals surface area contributed by atoms with Crippen LogP contribution >= 0.6 is 39.1 Å². The molecule has 0 fully saturated rings. The number of nitrogens with zero attached hydrogens (tertiary/aromatic N) is 2. The number of anilines is 2. The summed E-state index contributed by atoms with van der Waals surface area (Å²) in [6.07, 6.45) is -4.89. The van der Waals surface area contributed by atoms with Crippen LogP contribution in [0.5, 0.6) is 0 Å². The number of alkyl halides is 3. The van der Waals surface area contributed by atoms with Gasteiger partial charge in [0.1, 0.15) is 10.8 Å². The molecule has 32 heavy (non-hydrogen) atoms. The lowest BCUT2D eigenvalue weighted by molar-refractivity contribution is -0.173. The van der Waals surface area contributed by atoms with E-state index in [1.54, 1.807) is 49.4 Å². The van der Waals surface area contributed by atoms with Gasteiger partial charge in [0.25, 0.3) is 5.91 Å². The first-order valence-electron chi connectivity index (χ1n) is 9.49. The van der Waals surface area contributed by atoms with Gasteiger partial charge in [-0.25, -0.2) is 4.68 Å². The molecular formula is C21H16BrCl2F3N4O. The van der Waals surface area contributed by atoms with E-state index < -0.39 is 24.2 Å². The van der Waals surface area contributed by atoms with Crippen molar-refractivity contribution in [2.75, 3.05) is 10.6 Å². The Balaban J connectivity index is 1.71. The van der Waals surface area contributed by atoms with Gasteiger partial charge in [-0.2, -0.15) is 18.3 Å².